The van der Waals surface area contributed by atoms with Gasteiger partial charge in [-0.2, -0.15) is 13.2 Å². The third kappa shape index (κ3) is 3.21. The summed E-state index contributed by atoms with van der Waals surface area (Å²) in [4.78, 5) is 0. The molecule has 0 radical (unpaired) electrons. The number of hydrogen-bond donors (Lipinski definition) is 2. The van der Waals surface area contributed by atoms with E-state index in [-0.39, 0.29) is 0 Å². The molecule has 0 aliphatic heterocycles. The molecule has 15 heavy (non-hydrogen) atoms. The van der Waals surface area contributed by atoms with Gasteiger partial charge < -0.3 is 11.5 Å². The number of nitrogens with two attached hydrogens (primary N) is 2. The van der Waals surface area contributed by atoms with Gasteiger partial charge in [0.2, 0.25) is 0 Å². The summed E-state index contributed by atoms with van der Waals surface area (Å²) in [5, 5.41) is 0. The third-order valence-corrected chi connectivity index (χ3v) is 2.12. The molecule has 1 rings (SSSR count). The van der Waals surface area contributed by atoms with Crippen LogP contribution in [0.15, 0.2) is 24.3 Å². The molecule has 1 aromatic carbocycles. The second-order valence-corrected chi connectivity index (χ2v) is 3.31. The summed E-state index contributed by atoms with van der Waals surface area (Å²) in [6.07, 6.45) is -3.85. The molecule has 0 heterocycles. The van der Waals surface area contributed by atoms with E-state index < -0.39 is 17.8 Å². The minimum atomic E-state index is -4.32. The molecule has 0 saturated carbocycles. The van der Waals surface area contributed by atoms with Gasteiger partial charge in [-0.15, -0.1) is 0 Å². The highest BCUT2D eigenvalue weighted by Crippen LogP contribution is 2.30. The molecule has 1 atom stereocenters. The van der Waals surface area contributed by atoms with Crippen molar-refractivity contribution in [1.82, 2.24) is 0 Å². The van der Waals surface area contributed by atoms with E-state index in [4.69, 9.17) is 11.5 Å². The van der Waals surface area contributed by atoms with Gasteiger partial charge in [0.1, 0.15) is 0 Å². The summed E-state index contributed by atoms with van der Waals surface area (Å²) in [7, 11) is 0. The fourth-order valence-corrected chi connectivity index (χ4v) is 1.29. The Hall–Kier alpha value is -1.07. The molecule has 0 amide bonds. The van der Waals surface area contributed by atoms with Crippen LogP contribution in [0, 0.1) is 0 Å². The van der Waals surface area contributed by atoms with Gasteiger partial charge >= 0.3 is 6.18 Å². The van der Waals surface area contributed by atoms with Crippen molar-refractivity contribution in [3.05, 3.63) is 35.4 Å². The van der Waals surface area contributed by atoms with Crippen molar-refractivity contribution in [2.45, 2.75) is 18.6 Å². The zero-order valence-corrected chi connectivity index (χ0v) is 8.09. The number of rotatable bonds is 3. The van der Waals surface area contributed by atoms with Crippen molar-refractivity contribution in [1.29, 1.82) is 0 Å². The van der Waals surface area contributed by atoms with E-state index in [1.54, 1.807) is 6.07 Å². The molecule has 0 spiro atoms. The summed E-state index contributed by atoms with van der Waals surface area (Å²) >= 11 is 0. The summed E-state index contributed by atoms with van der Waals surface area (Å²) < 4.78 is 37.1. The second-order valence-electron chi connectivity index (χ2n) is 3.31. The van der Waals surface area contributed by atoms with Crippen LogP contribution in [0.25, 0.3) is 0 Å². The van der Waals surface area contributed by atoms with Crippen LogP contribution < -0.4 is 11.5 Å². The van der Waals surface area contributed by atoms with Crippen molar-refractivity contribution in [2.24, 2.45) is 11.5 Å². The fourth-order valence-electron chi connectivity index (χ4n) is 1.29. The van der Waals surface area contributed by atoms with E-state index in [1.165, 1.54) is 6.07 Å². The van der Waals surface area contributed by atoms with Gasteiger partial charge in [-0.1, -0.05) is 12.1 Å². The monoisotopic (exact) mass is 218 g/mol. The summed E-state index contributed by atoms with van der Waals surface area (Å²) in [5.41, 5.74) is 10.8. The average molecular weight is 218 g/mol. The van der Waals surface area contributed by atoms with Crippen LogP contribution >= 0.6 is 0 Å². The third-order valence-electron chi connectivity index (χ3n) is 2.12. The number of halogens is 3. The van der Waals surface area contributed by atoms with Gasteiger partial charge in [-0.25, -0.2) is 0 Å². The van der Waals surface area contributed by atoms with Gasteiger partial charge in [0, 0.05) is 6.04 Å². The molecule has 0 bridgehead atoms. The van der Waals surface area contributed by atoms with Crippen molar-refractivity contribution in [3.63, 3.8) is 0 Å². The first-order valence-corrected chi connectivity index (χ1v) is 4.58. The summed E-state index contributed by atoms with van der Waals surface area (Å²) in [5.74, 6) is 0. The van der Waals surface area contributed by atoms with Crippen LogP contribution in [0.4, 0.5) is 13.2 Å². The Morgan fingerprint density at radius 2 is 1.93 bits per heavy atom. The quantitative estimate of drug-likeness (QED) is 0.815. The van der Waals surface area contributed by atoms with Crippen LogP contribution in [0.5, 0.6) is 0 Å². The van der Waals surface area contributed by atoms with Crippen LogP contribution in [-0.2, 0) is 6.18 Å². The summed E-state index contributed by atoms with van der Waals surface area (Å²) in [6.45, 7) is 0.359. The number of alkyl halides is 3. The van der Waals surface area contributed by atoms with Gasteiger partial charge in [-0.05, 0) is 30.7 Å². The van der Waals surface area contributed by atoms with Crippen molar-refractivity contribution >= 4 is 0 Å². The van der Waals surface area contributed by atoms with Gasteiger partial charge in [-0.3, -0.25) is 0 Å². The average Bonchev–Trinajstić information content (AvgIpc) is 2.17. The van der Waals surface area contributed by atoms with E-state index in [2.05, 4.69) is 0 Å². The highest BCUT2D eigenvalue weighted by molar-refractivity contribution is 5.27. The lowest BCUT2D eigenvalue weighted by molar-refractivity contribution is -0.137. The molecule has 1 aromatic rings. The Morgan fingerprint density at radius 1 is 1.27 bits per heavy atom. The second kappa shape index (κ2) is 4.63. The minimum absolute atomic E-state index is 0.359. The highest BCUT2D eigenvalue weighted by atomic mass is 19.4. The molecule has 0 aliphatic rings. The Labute approximate surface area is 86.1 Å². The maximum absolute atomic E-state index is 12.4. The van der Waals surface area contributed by atoms with Gasteiger partial charge in [0.15, 0.2) is 0 Å². The maximum Gasteiger partial charge on any atom is 0.416 e. The molecule has 0 aliphatic carbocycles. The fraction of sp³-hybridized carbons (Fsp3) is 0.400. The van der Waals surface area contributed by atoms with Gasteiger partial charge in [0.05, 0.1) is 5.56 Å². The van der Waals surface area contributed by atoms with Crippen molar-refractivity contribution in [2.75, 3.05) is 6.54 Å². The number of hydrogen-bond acceptors (Lipinski definition) is 2. The lowest BCUT2D eigenvalue weighted by atomic mass is 10.0. The van der Waals surface area contributed by atoms with Crippen LogP contribution in [0.1, 0.15) is 23.6 Å². The van der Waals surface area contributed by atoms with Gasteiger partial charge in [0.25, 0.3) is 0 Å². The highest BCUT2D eigenvalue weighted by Gasteiger charge is 2.30. The Bertz CT molecular complexity index is 323. The predicted octanol–water partition coefficient (Wildman–Crippen LogP) is 2.05. The maximum atomic E-state index is 12.4. The Morgan fingerprint density at radius 3 is 2.47 bits per heavy atom. The van der Waals surface area contributed by atoms with Crippen LogP contribution in [0.2, 0.25) is 0 Å². The Kier molecular flexibility index (Phi) is 3.71. The topological polar surface area (TPSA) is 52.0 Å². The first-order chi connectivity index (χ1) is 6.95. The molecule has 4 N–H and O–H groups in total. The predicted molar refractivity (Wildman–Crippen MR) is 52.0 cm³/mol. The molecule has 5 heteroatoms. The molecular weight excluding hydrogens is 205 g/mol. The number of benzene rings is 1. The zero-order valence-electron chi connectivity index (χ0n) is 8.09. The molecule has 0 fully saturated rings. The summed E-state index contributed by atoms with van der Waals surface area (Å²) in [6, 6.07) is 4.60. The van der Waals surface area contributed by atoms with Crippen LogP contribution in [0.3, 0.4) is 0 Å². The SMILES string of the molecule is NCC[C@H](N)c1cccc(C(F)(F)F)c1. The Balaban J connectivity index is 2.92. The van der Waals surface area contributed by atoms with E-state index in [0.717, 1.165) is 12.1 Å². The lowest BCUT2D eigenvalue weighted by Crippen LogP contribution is -2.16. The van der Waals surface area contributed by atoms with Crippen LogP contribution in [-0.4, -0.2) is 6.54 Å². The molecule has 2 nitrogen and oxygen atoms in total. The zero-order chi connectivity index (χ0) is 11.5. The van der Waals surface area contributed by atoms with E-state index in [0.29, 0.717) is 18.5 Å². The molecule has 84 valence electrons. The first-order valence-electron chi connectivity index (χ1n) is 4.58. The lowest BCUT2D eigenvalue weighted by Gasteiger charge is -2.13. The first kappa shape index (κ1) is 12.0. The molecule has 0 unspecified atom stereocenters. The largest absolute Gasteiger partial charge is 0.416 e. The molecule has 0 aromatic heterocycles. The molecular formula is C10H13F3N2. The van der Waals surface area contributed by atoms with E-state index in [9.17, 15) is 13.2 Å². The standard InChI is InChI=1S/C10H13F3N2/c11-10(12,13)8-3-1-2-7(6-8)9(15)4-5-14/h1-3,6,9H,4-5,14-15H2/t9-/m0/s1. The normalized spacial score (nSPS) is 13.9. The van der Waals surface area contributed by atoms with E-state index in [1.807, 2.05) is 0 Å². The smallest absolute Gasteiger partial charge is 0.330 e. The van der Waals surface area contributed by atoms with Crippen molar-refractivity contribution < 1.29 is 13.2 Å². The van der Waals surface area contributed by atoms with E-state index >= 15 is 0 Å². The minimum Gasteiger partial charge on any atom is -0.330 e. The molecule has 0 saturated heterocycles. The van der Waals surface area contributed by atoms with Crippen molar-refractivity contribution in [3.8, 4) is 0 Å².